The molecule has 0 spiro atoms. The summed E-state index contributed by atoms with van der Waals surface area (Å²) in [5.74, 6) is 1.70. The van der Waals surface area contributed by atoms with Gasteiger partial charge in [0.05, 0.1) is 12.8 Å². The van der Waals surface area contributed by atoms with Crippen molar-refractivity contribution in [2.45, 2.75) is 13.3 Å². The standard InChI is InChI=1S/C14H15N5O2/c1-2-7-20-10-5-3-4-6-11(10)21-13-9-8-16-19-12(9)17-14(15)18-13/h3-6,8H,2,7H2,1H3,(H3,15,16,17,18,19). The van der Waals surface area contributed by atoms with Crippen molar-refractivity contribution in [3.05, 3.63) is 30.5 Å². The van der Waals surface area contributed by atoms with Crippen molar-refractivity contribution in [2.75, 3.05) is 12.3 Å². The van der Waals surface area contributed by atoms with E-state index in [2.05, 4.69) is 20.2 Å². The molecule has 0 fully saturated rings. The topological polar surface area (TPSA) is 98.9 Å². The maximum atomic E-state index is 5.84. The third kappa shape index (κ3) is 2.71. The highest BCUT2D eigenvalue weighted by Gasteiger charge is 2.12. The van der Waals surface area contributed by atoms with Gasteiger partial charge < -0.3 is 15.2 Å². The van der Waals surface area contributed by atoms with E-state index in [0.717, 1.165) is 6.42 Å². The molecule has 0 aliphatic rings. The van der Waals surface area contributed by atoms with Crippen molar-refractivity contribution in [3.63, 3.8) is 0 Å². The number of H-pyrrole nitrogens is 1. The van der Waals surface area contributed by atoms with E-state index in [1.165, 1.54) is 0 Å². The fourth-order valence-corrected chi connectivity index (χ4v) is 1.87. The molecule has 0 bridgehead atoms. The number of para-hydroxylation sites is 2. The molecule has 0 saturated carbocycles. The van der Waals surface area contributed by atoms with Gasteiger partial charge in [0.15, 0.2) is 17.1 Å². The summed E-state index contributed by atoms with van der Waals surface area (Å²) in [5, 5.41) is 7.33. The average Bonchev–Trinajstić information content (AvgIpc) is 2.94. The molecule has 7 heteroatoms. The first kappa shape index (κ1) is 13.2. The minimum absolute atomic E-state index is 0.119. The summed E-state index contributed by atoms with van der Waals surface area (Å²) in [7, 11) is 0. The maximum Gasteiger partial charge on any atom is 0.235 e. The number of aromatic amines is 1. The van der Waals surface area contributed by atoms with Crippen LogP contribution in [-0.2, 0) is 0 Å². The predicted molar refractivity (Wildman–Crippen MR) is 78.4 cm³/mol. The molecular weight excluding hydrogens is 270 g/mol. The third-order valence-corrected chi connectivity index (χ3v) is 2.81. The summed E-state index contributed by atoms with van der Waals surface area (Å²) in [4.78, 5) is 8.17. The van der Waals surface area contributed by atoms with Gasteiger partial charge in [-0.15, -0.1) is 0 Å². The average molecular weight is 285 g/mol. The Morgan fingerprint density at radius 3 is 2.81 bits per heavy atom. The first-order chi connectivity index (χ1) is 10.3. The van der Waals surface area contributed by atoms with Gasteiger partial charge >= 0.3 is 0 Å². The zero-order chi connectivity index (χ0) is 14.7. The Labute approximate surface area is 121 Å². The number of rotatable bonds is 5. The molecule has 2 heterocycles. The van der Waals surface area contributed by atoms with Gasteiger partial charge in [-0.05, 0) is 18.6 Å². The summed E-state index contributed by atoms with van der Waals surface area (Å²) >= 11 is 0. The van der Waals surface area contributed by atoms with Crippen LogP contribution < -0.4 is 15.2 Å². The molecule has 3 rings (SSSR count). The molecular formula is C14H15N5O2. The molecule has 7 nitrogen and oxygen atoms in total. The molecule has 1 aromatic carbocycles. The van der Waals surface area contributed by atoms with Gasteiger partial charge in [0.1, 0.15) is 5.39 Å². The molecule has 21 heavy (non-hydrogen) atoms. The summed E-state index contributed by atoms with van der Waals surface area (Å²) < 4.78 is 11.5. The van der Waals surface area contributed by atoms with Gasteiger partial charge in [-0.1, -0.05) is 19.1 Å². The minimum Gasteiger partial charge on any atom is -0.490 e. The molecule has 0 unspecified atom stereocenters. The summed E-state index contributed by atoms with van der Waals surface area (Å²) in [5.41, 5.74) is 6.21. The highest BCUT2D eigenvalue weighted by Crippen LogP contribution is 2.33. The van der Waals surface area contributed by atoms with E-state index in [9.17, 15) is 0 Å². The SMILES string of the molecule is CCCOc1ccccc1Oc1nc(N)nc2[nH]ncc12. The quantitative estimate of drug-likeness (QED) is 0.747. The zero-order valence-corrected chi connectivity index (χ0v) is 11.5. The monoisotopic (exact) mass is 285 g/mol. The lowest BCUT2D eigenvalue weighted by molar-refractivity contribution is 0.301. The number of anilines is 1. The van der Waals surface area contributed by atoms with Crippen LogP contribution in [0.2, 0.25) is 0 Å². The van der Waals surface area contributed by atoms with Crippen molar-refractivity contribution >= 4 is 17.0 Å². The van der Waals surface area contributed by atoms with Gasteiger partial charge in [0.2, 0.25) is 11.8 Å². The van der Waals surface area contributed by atoms with E-state index in [4.69, 9.17) is 15.2 Å². The second-order valence-corrected chi connectivity index (χ2v) is 4.42. The lowest BCUT2D eigenvalue weighted by Gasteiger charge is -2.11. The van der Waals surface area contributed by atoms with Crippen LogP contribution in [0.1, 0.15) is 13.3 Å². The molecule has 0 saturated heterocycles. The Morgan fingerprint density at radius 1 is 1.19 bits per heavy atom. The van der Waals surface area contributed by atoms with Gasteiger partial charge in [0.25, 0.3) is 0 Å². The van der Waals surface area contributed by atoms with Crippen molar-refractivity contribution in [1.29, 1.82) is 0 Å². The predicted octanol–water partition coefficient (Wildman–Crippen LogP) is 2.52. The summed E-state index contributed by atoms with van der Waals surface area (Å²) in [6, 6.07) is 7.42. The Morgan fingerprint density at radius 2 is 2.00 bits per heavy atom. The minimum atomic E-state index is 0.119. The van der Waals surface area contributed by atoms with E-state index in [-0.39, 0.29) is 5.95 Å². The fourth-order valence-electron chi connectivity index (χ4n) is 1.87. The van der Waals surface area contributed by atoms with Crippen LogP contribution in [0.4, 0.5) is 5.95 Å². The van der Waals surface area contributed by atoms with Crippen molar-refractivity contribution < 1.29 is 9.47 Å². The second kappa shape index (κ2) is 5.66. The summed E-state index contributed by atoms with van der Waals surface area (Å²) in [6.07, 6.45) is 2.51. The number of nitrogens with two attached hydrogens (primary N) is 1. The van der Waals surface area contributed by atoms with Crippen LogP contribution in [0.15, 0.2) is 30.5 Å². The lowest BCUT2D eigenvalue weighted by Crippen LogP contribution is -2.00. The Kier molecular flexibility index (Phi) is 3.55. The highest BCUT2D eigenvalue weighted by molar-refractivity contribution is 5.80. The number of benzene rings is 1. The smallest absolute Gasteiger partial charge is 0.235 e. The molecule has 0 aliphatic carbocycles. The number of hydrogen-bond acceptors (Lipinski definition) is 6. The number of nitrogens with one attached hydrogen (secondary N) is 1. The molecule has 108 valence electrons. The number of nitrogen functional groups attached to an aromatic ring is 1. The van der Waals surface area contributed by atoms with Crippen LogP contribution in [0.5, 0.6) is 17.4 Å². The number of hydrogen-bond donors (Lipinski definition) is 2. The van der Waals surface area contributed by atoms with Crippen LogP contribution in [0, 0.1) is 0 Å². The van der Waals surface area contributed by atoms with Crippen LogP contribution >= 0.6 is 0 Å². The molecule has 3 aromatic rings. The van der Waals surface area contributed by atoms with Crippen LogP contribution in [-0.4, -0.2) is 26.8 Å². The maximum absolute atomic E-state index is 5.84. The largest absolute Gasteiger partial charge is 0.490 e. The normalized spacial score (nSPS) is 10.7. The molecule has 3 N–H and O–H groups in total. The van der Waals surface area contributed by atoms with E-state index in [0.29, 0.717) is 35.0 Å². The van der Waals surface area contributed by atoms with Gasteiger partial charge in [-0.25, -0.2) is 0 Å². The first-order valence-electron chi connectivity index (χ1n) is 6.64. The van der Waals surface area contributed by atoms with E-state index in [1.54, 1.807) is 6.20 Å². The Hall–Kier alpha value is -2.83. The number of fused-ring (bicyclic) bond motifs is 1. The highest BCUT2D eigenvalue weighted by atomic mass is 16.5. The lowest BCUT2D eigenvalue weighted by atomic mass is 10.3. The zero-order valence-electron chi connectivity index (χ0n) is 11.5. The summed E-state index contributed by atoms with van der Waals surface area (Å²) in [6.45, 7) is 2.66. The number of ether oxygens (including phenoxy) is 2. The number of nitrogens with zero attached hydrogens (tertiary/aromatic N) is 3. The fraction of sp³-hybridized carbons (Fsp3) is 0.214. The van der Waals surface area contributed by atoms with Gasteiger partial charge in [0, 0.05) is 0 Å². The van der Waals surface area contributed by atoms with Crippen molar-refractivity contribution in [2.24, 2.45) is 0 Å². The second-order valence-electron chi connectivity index (χ2n) is 4.42. The Bertz CT molecular complexity index is 756. The van der Waals surface area contributed by atoms with E-state index < -0.39 is 0 Å². The van der Waals surface area contributed by atoms with Crippen LogP contribution in [0.3, 0.4) is 0 Å². The first-order valence-corrected chi connectivity index (χ1v) is 6.64. The van der Waals surface area contributed by atoms with Gasteiger partial charge in [-0.3, -0.25) is 5.10 Å². The number of aromatic nitrogens is 4. The van der Waals surface area contributed by atoms with Crippen molar-refractivity contribution in [3.8, 4) is 17.4 Å². The molecule has 0 radical (unpaired) electrons. The van der Waals surface area contributed by atoms with E-state index >= 15 is 0 Å². The van der Waals surface area contributed by atoms with Gasteiger partial charge in [-0.2, -0.15) is 15.1 Å². The van der Waals surface area contributed by atoms with E-state index in [1.807, 2.05) is 31.2 Å². The van der Waals surface area contributed by atoms with Crippen molar-refractivity contribution in [1.82, 2.24) is 20.2 Å². The third-order valence-electron chi connectivity index (χ3n) is 2.81. The Balaban J connectivity index is 1.97. The van der Waals surface area contributed by atoms with Crippen LogP contribution in [0.25, 0.3) is 11.0 Å². The molecule has 0 amide bonds. The molecule has 0 aliphatic heterocycles. The molecule has 0 atom stereocenters. The molecule has 2 aromatic heterocycles.